The smallest absolute Gasteiger partial charge is 0.252 e. The first-order valence-electron chi connectivity index (χ1n) is 9.10. The van der Waals surface area contributed by atoms with Crippen molar-refractivity contribution < 1.29 is 9.59 Å². The van der Waals surface area contributed by atoms with Crippen molar-refractivity contribution in [2.24, 2.45) is 0 Å². The fourth-order valence-corrected chi connectivity index (χ4v) is 3.60. The predicted molar refractivity (Wildman–Crippen MR) is 106 cm³/mol. The van der Waals surface area contributed by atoms with Gasteiger partial charge in [0, 0.05) is 29.9 Å². The van der Waals surface area contributed by atoms with Crippen LogP contribution in [-0.2, 0) is 11.2 Å². The van der Waals surface area contributed by atoms with E-state index in [9.17, 15) is 9.59 Å². The normalized spacial score (nSPS) is 14.4. The summed E-state index contributed by atoms with van der Waals surface area (Å²) in [5.41, 5.74) is 4.63. The quantitative estimate of drug-likeness (QED) is 0.745. The maximum absolute atomic E-state index is 13.0. The molecule has 0 aliphatic carbocycles. The molecule has 27 heavy (non-hydrogen) atoms. The minimum absolute atomic E-state index is 0.0533. The first-order chi connectivity index (χ1) is 13.0. The molecule has 2 heterocycles. The zero-order valence-corrected chi connectivity index (χ0v) is 15.4. The minimum Gasteiger partial charge on any atom is -0.345 e. The van der Waals surface area contributed by atoms with E-state index in [4.69, 9.17) is 0 Å². The lowest BCUT2D eigenvalue weighted by molar-refractivity contribution is -0.116. The van der Waals surface area contributed by atoms with E-state index < -0.39 is 0 Å². The Morgan fingerprint density at radius 1 is 1.19 bits per heavy atom. The van der Waals surface area contributed by atoms with E-state index in [0.29, 0.717) is 12.0 Å². The number of fused-ring (bicyclic) bond motifs is 2. The molecule has 2 amide bonds. The predicted octanol–water partition coefficient (Wildman–Crippen LogP) is 3.92. The monoisotopic (exact) mass is 359 g/mol. The first kappa shape index (κ1) is 17.2. The number of nitrogens with one attached hydrogen (secondary N) is 2. The third kappa shape index (κ3) is 3.28. The second kappa shape index (κ2) is 6.83. The molecule has 4 rings (SSSR count). The van der Waals surface area contributed by atoms with Crippen LogP contribution in [0.1, 0.15) is 46.4 Å². The topological polar surface area (TPSA) is 71.1 Å². The summed E-state index contributed by atoms with van der Waals surface area (Å²) in [6.07, 6.45) is 4.71. The number of aromatic nitrogens is 1. The van der Waals surface area contributed by atoms with Gasteiger partial charge in [0.15, 0.2) is 0 Å². The Bertz CT molecular complexity index is 1060. The summed E-state index contributed by atoms with van der Waals surface area (Å²) in [6.45, 7) is 3.92. The molecular weight excluding hydrogens is 338 g/mol. The Hall–Kier alpha value is -3.21. The fraction of sp³-hybridized carbons (Fsp3) is 0.227. The van der Waals surface area contributed by atoms with Crippen molar-refractivity contribution in [1.29, 1.82) is 0 Å². The zero-order valence-electron chi connectivity index (χ0n) is 15.4. The van der Waals surface area contributed by atoms with Crippen LogP contribution in [0.4, 0.5) is 5.69 Å². The lowest BCUT2D eigenvalue weighted by atomic mass is 9.97. The molecule has 1 unspecified atom stereocenters. The molecule has 5 heteroatoms. The molecule has 1 atom stereocenters. The number of aryl methyl sites for hydroxylation is 2. The molecule has 0 radical (unpaired) electrons. The van der Waals surface area contributed by atoms with Gasteiger partial charge in [-0.2, -0.15) is 0 Å². The van der Waals surface area contributed by atoms with Crippen molar-refractivity contribution in [3.8, 4) is 0 Å². The number of hydrogen-bond donors (Lipinski definition) is 2. The molecule has 0 bridgehead atoms. The van der Waals surface area contributed by atoms with E-state index in [2.05, 4.69) is 21.7 Å². The van der Waals surface area contributed by atoms with Crippen molar-refractivity contribution in [3.05, 3.63) is 71.0 Å². The van der Waals surface area contributed by atoms with E-state index in [1.54, 1.807) is 12.4 Å². The van der Waals surface area contributed by atoms with Gasteiger partial charge < -0.3 is 10.6 Å². The van der Waals surface area contributed by atoms with Crippen LogP contribution < -0.4 is 10.6 Å². The van der Waals surface area contributed by atoms with E-state index in [1.807, 2.05) is 44.2 Å². The molecule has 3 aromatic rings. The Labute approximate surface area is 157 Å². The standard InChI is InChI=1S/C22H21N3O2/c1-13-3-4-17-12-23-10-9-18(17)21(13)22(27)24-14(2)15-5-7-19-16(11-15)6-8-20(26)25-19/h3-5,7,9-12,14H,6,8H2,1-2H3,(H,24,27)(H,25,26). The van der Waals surface area contributed by atoms with Gasteiger partial charge in [0.2, 0.25) is 5.91 Å². The molecular formula is C22H21N3O2. The largest absolute Gasteiger partial charge is 0.345 e. The van der Waals surface area contributed by atoms with Crippen molar-refractivity contribution in [2.45, 2.75) is 32.7 Å². The minimum atomic E-state index is -0.142. The van der Waals surface area contributed by atoms with Crippen LogP contribution in [0.25, 0.3) is 10.8 Å². The van der Waals surface area contributed by atoms with Crippen molar-refractivity contribution in [2.75, 3.05) is 5.32 Å². The van der Waals surface area contributed by atoms with E-state index in [-0.39, 0.29) is 17.9 Å². The number of amides is 2. The molecule has 0 saturated carbocycles. The Morgan fingerprint density at radius 2 is 2.04 bits per heavy atom. The summed E-state index contributed by atoms with van der Waals surface area (Å²) < 4.78 is 0. The third-order valence-corrected chi connectivity index (χ3v) is 5.13. The van der Waals surface area contributed by atoms with E-state index >= 15 is 0 Å². The summed E-state index contributed by atoms with van der Waals surface area (Å²) in [7, 11) is 0. The lowest BCUT2D eigenvalue weighted by Gasteiger charge is -2.21. The van der Waals surface area contributed by atoms with E-state index in [0.717, 1.165) is 39.6 Å². The van der Waals surface area contributed by atoms with Gasteiger partial charge in [0.05, 0.1) is 11.6 Å². The van der Waals surface area contributed by atoms with Crippen LogP contribution in [0.5, 0.6) is 0 Å². The summed E-state index contributed by atoms with van der Waals surface area (Å²) in [5.74, 6) is -0.0413. The van der Waals surface area contributed by atoms with Gasteiger partial charge >= 0.3 is 0 Å². The van der Waals surface area contributed by atoms with Gasteiger partial charge in [-0.15, -0.1) is 0 Å². The van der Waals surface area contributed by atoms with Crippen LogP contribution in [-0.4, -0.2) is 16.8 Å². The van der Waals surface area contributed by atoms with Crippen LogP contribution in [0.3, 0.4) is 0 Å². The summed E-state index contributed by atoms with van der Waals surface area (Å²) in [5, 5.41) is 7.86. The van der Waals surface area contributed by atoms with E-state index in [1.165, 1.54) is 0 Å². The maximum atomic E-state index is 13.0. The van der Waals surface area contributed by atoms with Gasteiger partial charge in [0.25, 0.3) is 5.91 Å². The van der Waals surface area contributed by atoms with Gasteiger partial charge in [-0.25, -0.2) is 0 Å². The molecule has 1 aromatic heterocycles. The highest BCUT2D eigenvalue weighted by Gasteiger charge is 2.19. The van der Waals surface area contributed by atoms with Crippen LogP contribution in [0, 0.1) is 6.92 Å². The van der Waals surface area contributed by atoms with Gasteiger partial charge in [0.1, 0.15) is 0 Å². The number of benzene rings is 2. The number of rotatable bonds is 3. The fourth-order valence-electron chi connectivity index (χ4n) is 3.60. The second-order valence-corrected chi connectivity index (χ2v) is 7.01. The zero-order chi connectivity index (χ0) is 19.0. The average molecular weight is 359 g/mol. The molecule has 1 aliphatic rings. The molecule has 136 valence electrons. The highest BCUT2D eigenvalue weighted by atomic mass is 16.2. The molecule has 1 aliphatic heterocycles. The SMILES string of the molecule is Cc1ccc2cnccc2c1C(=O)NC(C)c1ccc2c(c1)CCC(=O)N2. The summed E-state index contributed by atoms with van der Waals surface area (Å²) in [6, 6.07) is 11.6. The highest BCUT2D eigenvalue weighted by Crippen LogP contribution is 2.27. The first-order valence-corrected chi connectivity index (χ1v) is 9.10. The number of hydrogen-bond acceptors (Lipinski definition) is 3. The molecule has 0 fully saturated rings. The number of anilines is 1. The van der Waals surface area contributed by atoms with Crippen molar-refractivity contribution >= 4 is 28.3 Å². The van der Waals surface area contributed by atoms with Crippen molar-refractivity contribution in [1.82, 2.24) is 10.3 Å². The summed E-state index contributed by atoms with van der Waals surface area (Å²) >= 11 is 0. The molecule has 5 nitrogen and oxygen atoms in total. The molecule has 0 saturated heterocycles. The lowest BCUT2D eigenvalue weighted by Crippen LogP contribution is -2.28. The van der Waals surface area contributed by atoms with Gasteiger partial charge in [-0.3, -0.25) is 14.6 Å². The van der Waals surface area contributed by atoms with Gasteiger partial charge in [-0.1, -0.05) is 24.3 Å². The number of carbonyl (C=O) groups is 2. The molecule has 0 spiro atoms. The number of nitrogens with zero attached hydrogens (tertiary/aromatic N) is 1. The Morgan fingerprint density at radius 3 is 2.89 bits per heavy atom. The van der Waals surface area contributed by atoms with Crippen LogP contribution in [0.15, 0.2) is 48.8 Å². The van der Waals surface area contributed by atoms with Crippen LogP contribution in [0.2, 0.25) is 0 Å². The van der Waals surface area contributed by atoms with Crippen molar-refractivity contribution in [3.63, 3.8) is 0 Å². The molecule has 2 N–H and O–H groups in total. The average Bonchev–Trinajstić information content (AvgIpc) is 2.67. The number of carbonyl (C=O) groups excluding carboxylic acids is 2. The molecule has 2 aromatic carbocycles. The highest BCUT2D eigenvalue weighted by molar-refractivity contribution is 6.08. The van der Waals surface area contributed by atoms with Crippen LogP contribution >= 0.6 is 0 Å². The number of pyridine rings is 1. The third-order valence-electron chi connectivity index (χ3n) is 5.13. The maximum Gasteiger partial charge on any atom is 0.252 e. The van der Waals surface area contributed by atoms with Gasteiger partial charge in [-0.05, 0) is 54.5 Å². The Kier molecular flexibility index (Phi) is 4.36. The Balaban J connectivity index is 1.60. The summed E-state index contributed by atoms with van der Waals surface area (Å²) in [4.78, 5) is 28.7. The second-order valence-electron chi connectivity index (χ2n) is 7.01.